The highest BCUT2D eigenvalue weighted by Crippen LogP contribution is 2.25. The summed E-state index contributed by atoms with van der Waals surface area (Å²) in [4.78, 5) is 13.5. The number of hydrogen-bond acceptors (Lipinski definition) is 2. The van der Waals surface area contributed by atoms with Crippen molar-refractivity contribution in [1.82, 2.24) is 4.90 Å². The summed E-state index contributed by atoms with van der Waals surface area (Å²) < 4.78 is 0. The number of carbonyl (C=O) groups excluding carboxylic acids is 1. The molecular weight excluding hydrogens is 166 g/mol. The van der Waals surface area contributed by atoms with Crippen LogP contribution < -0.4 is 0 Å². The van der Waals surface area contributed by atoms with Gasteiger partial charge in [-0.05, 0) is 19.3 Å². The second kappa shape index (κ2) is 4.61. The molecule has 0 aromatic rings. The van der Waals surface area contributed by atoms with Crippen LogP contribution in [0.25, 0.3) is 0 Å². The zero-order valence-electron chi connectivity index (χ0n) is 8.49. The van der Waals surface area contributed by atoms with Gasteiger partial charge in [-0.1, -0.05) is 13.8 Å². The van der Waals surface area contributed by atoms with E-state index in [1.54, 1.807) is 0 Å². The summed E-state index contributed by atoms with van der Waals surface area (Å²) in [6.07, 6.45) is 3.44. The highest BCUT2D eigenvalue weighted by atomic mass is 16.3. The first-order valence-electron chi connectivity index (χ1n) is 5.08. The number of carbonyl (C=O) groups is 1. The van der Waals surface area contributed by atoms with Crippen molar-refractivity contribution in [3.8, 4) is 0 Å². The van der Waals surface area contributed by atoms with Gasteiger partial charge in [0, 0.05) is 18.5 Å². The Labute approximate surface area is 79.7 Å². The third-order valence-corrected chi connectivity index (χ3v) is 2.63. The topological polar surface area (TPSA) is 40.5 Å². The van der Waals surface area contributed by atoms with Gasteiger partial charge >= 0.3 is 0 Å². The van der Waals surface area contributed by atoms with Crippen LogP contribution in [0.4, 0.5) is 0 Å². The van der Waals surface area contributed by atoms with Gasteiger partial charge in [0.25, 0.3) is 0 Å². The molecule has 0 saturated heterocycles. The molecule has 3 nitrogen and oxygen atoms in total. The molecule has 1 aliphatic rings. The normalized spacial score (nSPS) is 17.2. The fraction of sp³-hybridized carbons (Fsp3) is 0.900. The fourth-order valence-corrected chi connectivity index (χ4v) is 1.61. The second-order valence-electron chi connectivity index (χ2n) is 3.99. The number of aliphatic hydroxyl groups excluding tert-OH is 1. The molecule has 1 aliphatic carbocycles. The summed E-state index contributed by atoms with van der Waals surface area (Å²) >= 11 is 0. The average Bonchev–Trinajstić information content (AvgIpc) is 1.99. The lowest BCUT2D eigenvalue weighted by atomic mass is 9.90. The fourth-order valence-electron chi connectivity index (χ4n) is 1.61. The van der Waals surface area contributed by atoms with E-state index in [0.29, 0.717) is 12.6 Å². The highest BCUT2D eigenvalue weighted by molar-refractivity contribution is 5.78. The van der Waals surface area contributed by atoms with Gasteiger partial charge in [0.1, 0.15) is 0 Å². The third kappa shape index (κ3) is 2.44. The Balaban J connectivity index is 2.50. The molecule has 13 heavy (non-hydrogen) atoms. The Bertz CT molecular complexity index is 176. The van der Waals surface area contributed by atoms with Crippen molar-refractivity contribution < 1.29 is 9.90 Å². The first kappa shape index (κ1) is 10.5. The monoisotopic (exact) mass is 185 g/mol. The van der Waals surface area contributed by atoms with E-state index in [1.165, 1.54) is 6.42 Å². The van der Waals surface area contributed by atoms with Gasteiger partial charge in [-0.2, -0.15) is 0 Å². The van der Waals surface area contributed by atoms with Gasteiger partial charge in [0.05, 0.1) is 6.61 Å². The minimum Gasteiger partial charge on any atom is -0.395 e. The Morgan fingerprint density at radius 3 is 2.46 bits per heavy atom. The lowest BCUT2D eigenvalue weighted by Crippen LogP contribution is -2.47. The van der Waals surface area contributed by atoms with Crippen LogP contribution in [0.2, 0.25) is 0 Å². The Kier molecular flexibility index (Phi) is 3.72. The van der Waals surface area contributed by atoms with Crippen molar-refractivity contribution in [2.45, 2.75) is 39.2 Å². The standard InChI is InChI=1S/C10H19NO2/c1-8(2)10(13)11(6-7-12)9-4-3-5-9/h8-9,12H,3-7H2,1-2H3. The van der Waals surface area contributed by atoms with Gasteiger partial charge in [-0.25, -0.2) is 0 Å². The first-order chi connectivity index (χ1) is 6.16. The largest absolute Gasteiger partial charge is 0.395 e. The van der Waals surface area contributed by atoms with Crippen molar-refractivity contribution in [3.63, 3.8) is 0 Å². The minimum absolute atomic E-state index is 0.0483. The molecule has 1 saturated carbocycles. The van der Waals surface area contributed by atoms with E-state index in [4.69, 9.17) is 5.11 Å². The zero-order chi connectivity index (χ0) is 9.84. The predicted octanol–water partition coefficient (Wildman–Crippen LogP) is 1.02. The van der Waals surface area contributed by atoms with E-state index < -0.39 is 0 Å². The average molecular weight is 185 g/mol. The van der Waals surface area contributed by atoms with Crippen LogP contribution in [-0.2, 0) is 4.79 Å². The highest BCUT2D eigenvalue weighted by Gasteiger charge is 2.29. The van der Waals surface area contributed by atoms with E-state index in [-0.39, 0.29) is 18.4 Å². The van der Waals surface area contributed by atoms with Crippen molar-refractivity contribution in [3.05, 3.63) is 0 Å². The summed E-state index contributed by atoms with van der Waals surface area (Å²) in [6, 6.07) is 0.405. The molecule has 1 fully saturated rings. The van der Waals surface area contributed by atoms with E-state index >= 15 is 0 Å². The molecule has 0 bridgehead atoms. The molecular formula is C10H19NO2. The molecule has 0 heterocycles. The molecule has 0 aliphatic heterocycles. The summed E-state index contributed by atoms with van der Waals surface area (Å²) in [5.74, 6) is 0.228. The maximum absolute atomic E-state index is 11.7. The molecule has 0 unspecified atom stereocenters. The molecule has 76 valence electrons. The van der Waals surface area contributed by atoms with Crippen LogP contribution in [0, 0.1) is 5.92 Å². The summed E-state index contributed by atoms with van der Waals surface area (Å²) in [5.41, 5.74) is 0. The van der Waals surface area contributed by atoms with Gasteiger partial charge in [-0.15, -0.1) is 0 Å². The van der Waals surface area contributed by atoms with Crippen LogP contribution in [0.1, 0.15) is 33.1 Å². The SMILES string of the molecule is CC(C)C(=O)N(CCO)C1CCC1. The van der Waals surface area contributed by atoms with E-state index in [9.17, 15) is 4.79 Å². The first-order valence-corrected chi connectivity index (χ1v) is 5.08. The Morgan fingerprint density at radius 1 is 1.54 bits per heavy atom. The van der Waals surface area contributed by atoms with Gasteiger partial charge < -0.3 is 10.0 Å². The molecule has 1 rings (SSSR count). The molecule has 0 aromatic carbocycles. The third-order valence-electron chi connectivity index (χ3n) is 2.63. The van der Waals surface area contributed by atoms with E-state index in [0.717, 1.165) is 12.8 Å². The van der Waals surface area contributed by atoms with Crippen molar-refractivity contribution in [1.29, 1.82) is 0 Å². The van der Waals surface area contributed by atoms with Crippen molar-refractivity contribution in [2.24, 2.45) is 5.92 Å². The molecule has 0 radical (unpaired) electrons. The van der Waals surface area contributed by atoms with E-state index in [2.05, 4.69) is 0 Å². The summed E-state index contributed by atoms with van der Waals surface area (Å²) in [5, 5.41) is 8.84. The number of amides is 1. The van der Waals surface area contributed by atoms with Crippen LogP contribution in [0.15, 0.2) is 0 Å². The van der Waals surface area contributed by atoms with Gasteiger partial charge in [-0.3, -0.25) is 4.79 Å². The molecule has 1 amide bonds. The lowest BCUT2D eigenvalue weighted by molar-refractivity contribution is -0.139. The summed E-state index contributed by atoms with van der Waals surface area (Å²) in [7, 11) is 0. The number of rotatable bonds is 4. The molecule has 1 N–H and O–H groups in total. The van der Waals surface area contributed by atoms with Gasteiger partial charge in [0.15, 0.2) is 0 Å². The van der Waals surface area contributed by atoms with Crippen LogP contribution >= 0.6 is 0 Å². The number of nitrogens with zero attached hydrogens (tertiary/aromatic N) is 1. The molecule has 0 spiro atoms. The van der Waals surface area contributed by atoms with Crippen molar-refractivity contribution >= 4 is 5.91 Å². The van der Waals surface area contributed by atoms with Crippen LogP contribution in [0.5, 0.6) is 0 Å². The van der Waals surface area contributed by atoms with Gasteiger partial charge in [0.2, 0.25) is 5.91 Å². The van der Waals surface area contributed by atoms with Crippen LogP contribution in [0.3, 0.4) is 0 Å². The zero-order valence-corrected chi connectivity index (χ0v) is 8.49. The summed E-state index contributed by atoms with van der Waals surface area (Å²) in [6.45, 7) is 4.40. The maximum atomic E-state index is 11.7. The lowest BCUT2D eigenvalue weighted by Gasteiger charge is -2.38. The smallest absolute Gasteiger partial charge is 0.225 e. The van der Waals surface area contributed by atoms with E-state index in [1.807, 2.05) is 18.7 Å². The van der Waals surface area contributed by atoms with Crippen molar-refractivity contribution in [2.75, 3.05) is 13.2 Å². The Hall–Kier alpha value is -0.570. The second-order valence-corrected chi connectivity index (χ2v) is 3.99. The number of hydrogen-bond donors (Lipinski definition) is 1. The maximum Gasteiger partial charge on any atom is 0.225 e. The molecule has 0 aromatic heterocycles. The number of aliphatic hydroxyl groups is 1. The predicted molar refractivity (Wildman–Crippen MR) is 51.3 cm³/mol. The minimum atomic E-state index is 0.0483. The molecule has 3 heteroatoms. The Morgan fingerprint density at radius 2 is 2.15 bits per heavy atom. The van der Waals surface area contributed by atoms with Crippen LogP contribution in [-0.4, -0.2) is 35.1 Å². The molecule has 0 atom stereocenters. The quantitative estimate of drug-likeness (QED) is 0.710.